The molecule has 0 unspecified atom stereocenters. The highest BCUT2D eigenvalue weighted by molar-refractivity contribution is 5.81. The molecule has 0 fully saturated rings. The van der Waals surface area contributed by atoms with E-state index in [1.807, 2.05) is 55.2 Å². The van der Waals surface area contributed by atoms with E-state index < -0.39 is 0 Å². The number of aromatic nitrogens is 6. The van der Waals surface area contributed by atoms with Crippen molar-refractivity contribution in [3.05, 3.63) is 54.2 Å². The summed E-state index contributed by atoms with van der Waals surface area (Å²) in [5.41, 5.74) is 6.77. The number of fused-ring (bicyclic) bond motifs is 1. The lowest BCUT2D eigenvalue weighted by Gasteiger charge is -2.05. The van der Waals surface area contributed by atoms with Crippen molar-refractivity contribution < 1.29 is 0 Å². The monoisotopic (exact) mass is 304 g/mol. The minimum atomic E-state index is 0.825. The van der Waals surface area contributed by atoms with Crippen LogP contribution in [-0.4, -0.2) is 29.4 Å². The number of pyridine rings is 2. The lowest BCUT2D eigenvalue weighted by Crippen LogP contribution is -1.93. The molecule has 0 saturated heterocycles. The zero-order chi connectivity index (χ0) is 16.0. The van der Waals surface area contributed by atoms with E-state index in [1.165, 1.54) is 0 Å². The van der Waals surface area contributed by atoms with Crippen molar-refractivity contribution in [3.8, 4) is 22.5 Å². The van der Waals surface area contributed by atoms with Gasteiger partial charge in [0.15, 0.2) is 5.65 Å². The largest absolute Gasteiger partial charge is 0.272 e. The summed E-state index contributed by atoms with van der Waals surface area (Å²) in [5, 5.41) is 8.90. The van der Waals surface area contributed by atoms with Gasteiger partial charge in [0.1, 0.15) is 12.0 Å². The van der Waals surface area contributed by atoms with Crippen LogP contribution in [0.3, 0.4) is 0 Å². The Balaban J connectivity index is 1.97. The zero-order valence-corrected chi connectivity index (χ0v) is 13.2. The van der Waals surface area contributed by atoms with Crippen LogP contribution < -0.4 is 0 Å². The van der Waals surface area contributed by atoms with E-state index >= 15 is 0 Å². The minimum Gasteiger partial charge on any atom is -0.272 e. The van der Waals surface area contributed by atoms with Crippen LogP contribution >= 0.6 is 0 Å². The Morgan fingerprint density at radius 2 is 1.91 bits per heavy atom. The number of hydrogen-bond donors (Lipinski definition) is 0. The molecule has 0 N–H and O–H groups in total. The fourth-order valence-corrected chi connectivity index (χ4v) is 2.77. The lowest BCUT2D eigenvalue weighted by atomic mass is 10.0. The van der Waals surface area contributed by atoms with E-state index in [0.29, 0.717) is 0 Å². The maximum Gasteiger partial charge on any atom is 0.155 e. The summed E-state index contributed by atoms with van der Waals surface area (Å²) >= 11 is 0. The molecule has 4 heterocycles. The molecule has 6 nitrogen and oxygen atoms in total. The van der Waals surface area contributed by atoms with Gasteiger partial charge in [0.25, 0.3) is 0 Å². The van der Waals surface area contributed by atoms with E-state index in [-0.39, 0.29) is 0 Å². The minimum absolute atomic E-state index is 0.825. The molecule has 0 aromatic carbocycles. The van der Waals surface area contributed by atoms with Gasteiger partial charge in [0.05, 0.1) is 5.69 Å². The first-order valence-corrected chi connectivity index (χ1v) is 7.41. The van der Waals surface area contributed by atoms with E-state index in [2.05, 4.69) is 27.1 Å². The smallest absolute Gasteiger partial charge is 0.155 e. The van der Waals surface area contributed by atoms with E-state index in [1.54, 1.807) is 10.8 Å². The first kappa shape index (κ1) is 13.6. The van der Waals surface area contributed by atoms with Gasteiger partial charge in [-0.3, -0.25) is 9.67 Å². The van der Waals surface area contributed by atoms with Crippen molar-refractivity contribution in [3.63, 3.8) is 0 Å². The van der Waals surface area contributed by atoms with Crippen LogP contribution in [0, 0.1) is 13.8 Å². The second kappa shape index (κ2) is 5.01. The number of nitrogens with zero attached hydrogens (tertiary/aromatic N) is 6. The molecule has 0 aliphatic rings. The van der Waals surface area contributed by atoms with Crippen molar-refractivity contribution in [2.75, 3.05) is 0 Å². The predicted molar refractivity (Wildman–Crippen MR) is 87.9 cm³/mol. The lowest BCUT2D eigenvalue weighted by molar-refractivity contribution is 0.742. The van der Waals surface area contributed by atoms with Crippen LogP contribution in [0.5, 0.6) is 0 Å². The molecule has 0 amide bonds. The van der Waals surface area contributed by atoms with Crippen LogP contribution in [0.4, 0.5) is 0 Å². The van der Waals surface area contributed by atoms with Gasteiger partial charge in [0, 0.05) is 35.8 Å². The summed E-state index contributed by atoms with van der Waals surface area (Å²) in [4.78, 5) is 8.82. The fourth-order valence-electron chi connectivity index (χ4n) is 2.77. The first-order valence-electron chi connectivity index (χ1n) is 7.41. The molecule has 4 aromatic rings. The van der Waals surface area contributed by atoms with Crippen LogP contribution in [0.2, 0.25) is 0 Å². The van der Waals surface area contributed by atoms with Crippen molar-refractivity contribution in [2.24, 2.45) is 7.05 Å². The fraction of sp³-hybridized carbons (Fsp3) is 0.176. The number of hydrogen-bond acceptors (Lipinski definition) is 4. The van der Waals surface area contributed by atoms with Crippen LogP contribution in [-0.2, 0) is 7.05 Å². The van der Waals surface area contributed by atoms with Gasteiger partial charge in [-0.15, -0.1) is 0 Å². The van der Waals surface area contributed by atoms with Gasteiger partial charge in [-0.25, -0.2) is 9.50 Å². The quantitative estimate of drug-likeness (QED) is 0.571. The second-order valence-electron chi connectivity index (χ2n) is 5.58. The third-order valence-corrected chi connectivity index (χ3v) is 4.03. The highest BCUT2D eigenvalue weighted by Gasteiger charge is 2.18. The zero-order valence-electron chi connectivity index (χ0n) is 13.2. The van der Waals surface area contributed by atoms with Crippen LogP contribution in [0.15, 0.2) is 42.9 Å². The number of aryl methyl sites for hydroxylation is 2. The normalized spacial score (nSPS) is 11.3. The molecule has 0 bridgehead atoms. The molecule has 0 saturated carbocycles. The topological polar surface area (TPSA) is 60.9 Å². The van der Waals surface area contributed by atoms with E-state index in [9.17, 15) is 0 Å². The Bertz CT molecular complexity index is 1010. The Kier molecular flexibility index (Phi) is 2.97. The molecule has 23 heavy (non-hydrogen) atoms. The molecular formula is C17H16N6. The molecule has 4 aromatic heterocycles. The average Bonchev–Trinajstić information content (AvgIpc) is 3.12. The maximum absolute atomic E-state index is 4.67. The van der Waals surface area contributed by atoms with Crippen molar-refractivity contribution in [1.29, 1.82) is 0 Å². The number of rotatable bonds is 2. The molecule has 0 aliphatic carbocycles. The summed E-state index contributed by atoms with van der Waals surface area (Å²) in [7, 11) is 1.95. The van der Waals surface area contributed by atoms with Gasteiger partial charge in [-0.05, 0) is 38.1 Å². The summed E-state index contributed by atoms with van der Waals surface area (Å²) in [6.45, 7) is 4.05. The van der Waals surface area contributed by atoms with Gasteiger partial charge < -0.3 is 0 Å². The average molecular weight is 304 g/mol. The highest BCUT2D eigenvalue weighted by atomic mass is 15.3. The van der Waals surface area contributed by atoms with Gasteiger partial charge in [-0.2, -0.15) is 10.2 Å². The Morgan fingerprint density at radius 1 is 1.04 bits per heavy atom. The molecule has 0 aliphatic heterocycles. The van der Waals surface area contributed by atoms with E-state index in [4.69, 9.17) is 0 Å². The Hall–Kier alpha value is -3.02. The molecule has 0 radical (unpaired) electrons. The van der Waals surface area contributed by atoms with Crippen LogP contribution in [0.25, 0.3) is 28.2 Å². The molecule has 6 heteroatoms. The summed E-state index contributed by atoms with van der Waals surface area (Å²) in [6, 6.07) is 9.99. The standard InChI is InChI=1S/C17H16N6/c1-11-5-4-6-14(20-11)17-16(12(2)22(3)21-17)13-7-8-15-18-10-19-23(15)9-13/h4-10H,1-3H3. The second-order valence-corrected chi connectivity index (χ2v) is 5.58. The summed E-state index contributed by atoms with van der Waals surface area (Å²) in [5.74, 6) is 0. The van der Waals surface area contributed by atoms with Crippen molar-refractivity contribution in [2.45, 2.75) is 13.8 Å². The first-order chi connectivity index (χ1) is 11.1. The third-order valence-electron chi connectivity index (χ3n) is 4.03. The third kappa shape index (κ3) is 2.19. The van der Waals surface area contributed by atoms with Crippen molar-refractivity contribution >= 4 is 5.65 Å². The molecular weight excluding hydrogens is 288 g/mol. The molecule has 0 spiro atoms. The van der Waals surface area contributed by atoms with Gasteiger partial charge in [0.2, 0.25) is 0 Å². The SMILES string of the molecule is Cc1cccc(-c2nn(C)c(C)c2-c2ccc3ncnn3c2)n1. The highest BCUT2D eigenvalue weighted by Crippen LogP contribution is 2.33. The molecule has 114 valence electrons. The molecule has 4 rings (SSSR count). The van der Waals surface area contributed by atoms with Gasteiger partial charge >= 0.3 is 0 Å². The predicted octanol–water partition coefficient (Wildman–Crippen LogP) is 2.81. The van der Waals surface area contributed by atoms with Gasteiger partial charge in [-0.1, -0.05) is 6.07 Å². The summed E-state index contributed by atoms with van der Waals surface area (Å²) in [6.07, 6.45) is 3.53. The Labute approximate surface area is 133 Å². The van der Waals surface area contributed by atoms with E-state index in [0.717, 1.165) is 39.5 Å². The van der Waals surface area contributed by atoms with Crippen LogP contribution in [0.1, 0.15) is 11.4 Å². The summed E-state index contributed by atoms with van der Waals surface area (Å²) < 4.78 is 3.66. The molecule has 0 atom stereocenters. The maximum atomic E-state index is 4.67. The van der Waals surface area contributed by atoms with Crippen molar-refractivity contribution in [1.82, 2.24) is 29.4 Å². The Morgan fingerprint density at radius 3 is 2.74 bits per heavy atom.